The van der Waals surface area contributed by atoms with Gasteiger partial charge in [0.05, 0.1) is 12.3 Å². The van der Waals surface area contributed by atoms with E-state index in [1.807, 2.05) is 19.1 Å². The molecule has 1 saturated heterocycles. The molecule has 30 heavy (non-hydrogen) atoms. The number of nitrogens with zero attached hydrogens (tertiary/aromatic N) is 1. The van der Waals surface area contributed by atoms with E-state index >= 15 is 0 Å². The molecule has 3 aromatic rings. The zero-order chi connectivity index (χ0) is 20.9. The first-order valence-electron chi connectivity index (χ1n) is 9.98. The lowest BCUT2D eigenvalue weighted by Gasteiger charge is -2.22. The molecule has 1 aromatic heterocycles. The zero-order valence-corrected chi connectivity index (χ0v) is 18.4. The fourth-order valence-corrected chi connectivity index (χ4v) is 5.37. The number of aryl methyl sites for hydroxylation is 1. The Bertz CT molecular complexity index is 985. The van der Waals surface area contributed by atoms with Gasteiger partial charge in [-0.2, -0.15) is 0 Å². The molecule has 2 aromatic carbocycles. The molecule has 0 spiro atoms. The van der Waals surface area contributed by atoms with Crippen LogP contribution < -0.4 is 0 Å². The van der Waals surface area contributed by atoms with E-state index in [4.69, 9.17) is 14.5 Å². The summed E-state index contributed by atoms with van der Waals surface area (Å²) in [6.45, 7) is 3.03. The summed E-state index contributed by atoms with van der Waals surface area (Å²) in [4.78, 5) is 7.01. The highest BCUT2D eigenvalue weighted by atomic mass is 32.2. The van der Waals surface area contributed by atoms with Gasteiger partial charge in [0.1, 0.15) is 16.6 Å². The molecular formula is C23H24FNO3S2. The first-order chi connectivity index (χ1) is 14.6. The fraction of sp³-hybridized carbons (Fsp3) is 0.348. The normalized spacial score (nSPS) is 16.7. The summed E-state index contributed by atoms with van der Waals surface area (Å²) in [6, 6.07) is 12.0. The number of halogens is 1. The van der Waals surface area contributed by atoms with Crippen LogP contribution in [-0.4, -0.2) is 23.0 Å². The van der Waals surface area contributed by atoms with Gasteiger partial charge in [0.2, 0.25) is 0 Å². The highest BCUT2D eigenvalue weighted by molar-refractivity contribution is 7.98. The Morgan fingerprint density at radius 2 is 2.07 bits per heavy atom. The van der Waals surface area contributed by atoms with Crippen LogP contribution in [0.25, 0.3) is 10.6 Å². The smallest absolute Gasteiger partial charge is 0.158 e. The number of benzene rings is 2. The van der Waals surface area contributed by atoms with E-state index in [0.29, 0.717) is 12.4 Å². The summed E-state index contributed by atoms with van der Waals surface area (Å²) >= 11 is 3.30. The summed E-state index contributed by atoms with van der Waals surface area (Å²) in [5.74, 6) is 0.789. The number of thiazole rings is 1. The van der Waals surface area contributed by atoms with Gasteiger partial charge in [-0.15, -0.1) is 23.1 Å². The minimum Gasteiger partial charge on any atom is -0.508 e. The molecule has 4 rings (SSSR count). The number of ether oxygens (including phenoxy) is 2. The van der Waals surface area contributed by atoms with Crippen LogP contribution in [0.1, 0.15) is 35.4 Å². The molecule has 0 radical (unpaired) electrons. The maximum Gasteiger partial charge on any atom is 0.158 e. The number of hydrogen-bond acceptors (Lipinski definition) is 6. The Hall–Kier alpha value is -1.93. The molecule has 1 fully saturated rings. The minimum absolute atomic E-state index is 0.171. The summed E-state index contributed by atoms with van der Waals surface area (Å²) in [5, 5.41) is 10.6. The lowest BCUT2D eigenvalue weighted by atomic mass is 10.2. The van der Waals surface area contributed by atoms with Crippen LogP contribution in [0.3, 0.4) is 0 Å². The van der Waals surface area contributed by atoms with Crippen molar-refractivity contribution in [3.8, 4) is 16.3 Å². The van der Waals surface area contributed by atoms with Gasteiger partial charge in [-0.05, 0) is 74.2 Å². The second-order valence-corrected chi connectivity index (χ2v) is 9.37. The van der Waals surface area contributed by atoms with Crippen molar-refractivity contribution in [3.63, 3.8) is 0 Å². The van der Waals surface area contributed by atoms with Crippen LogP contribution in [0, 0.1) is 12.7 Å². The summed E-state index contributed by atoms with van der Waals surface area (Å²) in [5.41, 5.74) is 2.65. The van der Waals surface area contributed by atoms with Gasteiger partial charge in [-0.1, -0.05) is 0 Å². The van der Waals surface area contributed by atoms with Crippen LogP contribution in [0.2, 0.25) is 0 Å². The monoisotopic (exact) mass is 445 g/mol. The second kappa shape index (κ2) is 9.92. The molecule has 7 heteroatoms. The zero-order valence-electron chi connectivity index (χ0n) is 16.8. The van der Waals surface area contributed by atoms with Crippen LogP contribution in [-0.2, 0) is 21.8 Å². The predicted octanol–water partition coefficient (Wildman–Crippen LogP) is 6.30. The molecule has 4 nitrogen and oxygen atoms in total. The van der Waals surface area contributed by atoms with Crippen molar-refractivity contribution in [1.82, 2.24) is 4.98 Å². The lowest BCUT2D eigenvalue weighted by molar-refractivity contribution is -0.169. The molecule has 1 aliphatic heterocycles. The Morgan fingerprint density at radius 1 is 1.23 bits per heavy atom. The highest BCUT2D eigenvalue weighted by Gasteiger charge is 2.18. The van der Waals surface area contributed by atoms with Gasteiger partial charge in [-0.25, -0.2) is 9.37 Å². The Labute approximate surface area is 184 Å². The number of aromatic hydroxyl groups is 1. The maximum atomic E-state index is 13.3. The van der Waals surface area contributed by atoms with E-state index in [0.717, 1.165) is 63.2 Å². The Balaban J connectivity index is 1.52. The number of rotatable bonds is 7. The predicted molar refractivity (Wildman–Crippen MR) is 118 cm³/mol. The molecular weight excluding hydrogens is 421 g/mol. The van der Waals surface area contributed by atoms with Gasteiger partial charge in [0, 0.05) is 27.7 Å². The average molecular weight is 446 g/mol. The highest BCUT2D eigenvalue weighted by Crippen LogP contribution is 2.34. The summed E-state index contributed by atoms with van der Waals surface area (Å²) < 4.78 is 25.0. The molecule has 158 valence electrons. The average Bonchev–Trinajstić information content (AvgIpc) is 3.17. The van der Waals surface area contributed by atoms with E-state index in [2.05, 4.69) is 0 Å². The van der Waals surface area contributed by atoms with E-state index in [9.17, 15) is 9.50 Å². The molecule has 1 N–H and O–H groups in total. The van der Waals surface area contributed by atoms with Gasteiger partial charge < -0.3 is 14.6 Å². The molecule has 0 amide bonds. The quantitative estimate of drug-likeness (QED) is 0.433. The third-order valence-electron chi connectivity index (χ3n) is 4.95. The number of phenols is 1. The van der Waals surface area contributed by atoms with Crippen molar-refractivity contribution < 1.29 is 19.0 Å². The molecule has 1 aliphatic rings. The molecule has 1 atom stereocenters. The third-order valence-corrected chi connectivity index (χ3v) is 7.30. The van der Waals surface area contributed by atoms with E-state index in [-0.39, 0.29) is 12.1 Å². The van der Waals surface area contributed by atoms with Crippen LogP contribution in [0.4, 0.5) is 4.39 Å². The van der Waals surface area contributed by atoms with Crippen LogP contribution in [0.5, 0.6) is 5.75 Å². The van der Waals surface area contributed by atoms with Crippen molar-refractivity contribution in [1.29, 1.82) is 0 Å². The molecule has 1 unspecified atom stereocenters. The molecule has 2 heterocycles. The first-order valence-corrected chi connectivity index (χ1v) is 11.8. The summed E-state index contributed by atoms with van der Waals surface area (Å²) in [7, 11) is 0. The Kier molecular flexibility index (Phi) is 7.04. The van der Waals surface area contributed by atoms with Crippen LogP contribution in [0.15, 0.2) is 47.4 Å². The van der Waals surface area contributed by atoms with Crippen molar-refractivity contribution >= 4 is 23.1 Å². The van der Waals surface area contributed by atoms with E-state index < -0.39 is 0 Å². The van der Waals surface area contributed by atoms with E-state index in [1.54, 1.807) is 41.3 Å². The largest absolute Gasteiger partial charge is 0.508 e. The maximum absolute atomic E-state index is 13.3. The SMILES string of the molecule is Cc1cc(SCc2sc(-c3ccc(F)cc3)nc2COC2CCCCO2)ccc1O. The number of thioether (sulfide) groups is 1. The van der Waals surface area contributed by atoms with Crippen molar-refractivity contribution in [3.05, 3.63) is 64.4 Å². The third kappa shape index (κ3) is 5.40. The van der Waals surface area contributed by atoms with E-state index in [1.165, 1.54) is 12.1 Å². The van der Waals surface area contributed by atoms with Crippen molar-refractivity contribution in [2.24, 2.45) is 0 Å². The standard InChI is InChI=1S/C23H24FNO3S2/c1-15-12-18(9-10-20(15)26)29-14-21-19(13-28-22-4-2-3-11-27-22)25-23(30-21)16-5-7-17(24)8-6-16/h5-10,12,22,26H,2-4,11,13-14H2,1H3. The number of aromatic nitrogens is 1. The number of phenolic OH excluding ortho intramolecular Hbond substituents is 1. The summed E-state index contributed by atoms with van der Waals surface area (Å²) in [6.07, 6.45) is 2.94. The second-order valence-electron chi connectivity index (χ2n) is 7.24. The minimum atomic E-state index is -0.258. The van der Waals surface area contributed by atoms with Gasteiger partial charge in [0.15, 0.2) is 6.29 Å². The topological polar surface area (TPSA) is 51.6 Å². The molecule has 0 bridgehead atoms. The van der Waals surface area contributed by atoms with Crippen LogP contribution >= 0.6 is 23.1 Å². The van der Waals surface area contributed by atoms with Gasteiger partial charge in [-0.3, -0.25) is 0 Å². The molecule has 0 saturated carbocycles. The Morgan fingerprint density at radius 3 is 2.80 bits per heavy atom. The first kappa shape index (κ1) is 21.3. The van der Waals surface area contributed by atoms with Crippen molar-refractivity contribution in [2.45, 2.75) is 49.7 Å². The van der Waals surface area contributed by atoms with Gasteiger partial charge >= 0.3 is 0 Å². The van der Waals surface area contributed by atoms with Crippen molar-refractivity contribution in [2.75, 3.05) is 6.61 Å². The lowest BCUT2D eigenvalue weighted by Crippen LogP contribution is -2.22. The number of hydrogen-bond donors (Lipinski definition) is 1. The fourth-order valence-electron chi connectivity index (χ4n) is 3.21. The molecule has 0 aliphatic carbocycles. The van der Waals surface area contributed by atoms with Gasteiger partial charge in [0.25, 0.3) is 0 Å².